The number of hydrogen-bond acceptors (Lipinski definition) is 13. The monoisotopic (exact) mass is 766 g/mol. The summed E-state index contributed by atoms with van der Waals surface area (Å²) in [4.78, 5) is 38.3. The summed E-state index contributed by atoms with van der Waals surface area (Å²) >= 11 is 0. The topological polar surface area (TPSA) is 160 Å². The average molecular weight is 766 g/mol. The van der Waals surface area contributed by atoms with E-state index in [1.165, 1.54) is 21.0 Å². The molecule has 0 aromatic rings. The van der Waals surface area contributed by atoms with Gasteiger partial charge >= 0.3 is 5.97 Å². The summed E-state index contributed by atoms with van der Waals surface area (Å²) in [7, 11) is 7.59. The van der Waals surface area contributed by atoms with Crippen molar-refractivity contribution in [1.82, 2.24) is 9.80 Å². The maximum atomic E-state index is 14.3. The Kier molecular flexibility index (Phi) is 17.0. The van der Waals surface area contributed by atoms with E-state index in [2.05, 4.69) is 24.9 Å². The summed E-state index contributed by atoms with van der Waals surface area (Å²) in [6, 6.07) is 0.137. The quantitative estimate of drug-likeness (QED) is 0.128. The van der Waals surface area contributed by atoms with E-state index in [0.29, 0.717) is 31.1 Å². The second kappa shape index (κ2) is 19.8. The Morgan fingerprint density at radius 1 is 1.02 bits per heavy atom. The van der Waals surface area contributed by atoms with E-state index in [4.69, 9.17) is 35.4 Å². The van der Waals surface area contributed by atoms with Gasteiger partial charge in [0, 0.05) is 49.9 Å². The molecule has 1 aliphatic carbocycles. The van der Waals surface area contributed by atoms with E-state index in [0.717, 1.165) is 25.7 Å². The van der Waals surface area contributed by atoms with Crippen molar-refractivity contribution in [3.05, 3.63) is 0 Å². The molecule has 0 bridgehead atoms. The number of cyclic esters (lactones) is 1. The van der Waals surface area contributed by atoms with Crippen LogP contribution in [0.3, 0.4) is 0 Å². The van der Waals surface area contributed by atoms with E-state index in [1.807, 2.05) is 32.7 Å². The van der Waals surface area contributed by atoms with Crippen molar-refractivity contribution in [2.24, 2.45) is 28.8 Å². The lowest BCUT2D eigenvalue weighted by Gasteiger charge is -2.47. The molecule has 2 saturated heterocycles. The lowest BCUT2D eigenvalue weighted by molar-refractivity contribution is -0.295. The molecule has 0 aromatic heterocycles. The molecular formula is C41H71N3O10. The van der Waals surface area contributed by atoms with E-state index >= 15 is 0 Å². The molecule has 3 aliphatic rings. The van der Waals surface area contributed by atoms with Crippen molar-refractivity contribution in [3.8, 4) is 12.3 Å². The lowest BCUT2D eigenvalue weighted by atomic mass is 9.74. The molecule has 2 aliphatic heterocycles. The first kappa shape index (κ1) is 46.2. The highest BCUT2D eigenvalue weighted by atomic mass is 16.7. The molecule has 1 saturated carbocycles. The summed E-state index contributed by atoms with van der Waals surface area (Å²) in [6.45, 7) is 14.4. The first-order valence-corrected chi connectivity index (χ1v) is 20.0. The Bertz CT molecular complexity index is 1300. The van der Waals surface area contributed by atoms with Crippen molar-refractivity contribution in [3.63, 3.8) is 0 Å². The average Bonchev–Trinajstić information content (AvgIpc) is 3.14. The fraction of sp³-hybridized carbons (Fsp3) is 0.878. The number of Topliss-reactive ketones (excluding diaryl/α,β-unsaturated/α-hetero) is 1. The van der Waals surface area contributed by atoms with Crippen LogP contribution in [0.25, 0.3) is 0 Å². The molecule has 3 rings (SSSR count). The van der Waals surface area contributed by atoms with Crippen LogP contribution in [0.2, 0.25) is 0 Å². The number of aliphatic hydroxyl groups is 3. The number of methoxy groups -OCH3 is 1. The van der Waals surface area contributed by atoms with Gasteiger partial charge in [-0.05, 0) is 93.8 Å². The zero-order chi connectivity index (χ0) is 40.7. The van der Waals surface area contributed by atoms with Gasteiger partial charge in [-0.3, -0.25) is 14.5 Å². The third kappa shape index (κ3) is 10.8. The minimum absolute atomic E-state index is 0.120. The van der Waals surface area contributed by atoms with Crippen LogP contribution >= 0.6 is 0 Å². The summed E-state index contributed by atoms with van der Waals surface area (Å²) in [6.07, 6.45) is 4.39. The summed E-state index contributed by atoms with van der Waals surface area (Å²) in [5.41, 5.74) is -2.62. The molecule has 13 atom stereocenters. The smallest absolute Gasteiger partial charge is 0.316 e. The van der Waals surface area contributed by atoms with E-state index < -0.39 is 77.3 Å². The molecule has 0 aromatic carbocycles. The highest BCUT2D eigenvalue weighted by molar-refractivity contribution is 6.00. The van der Waals surface area contributed by atoms with Crippen molar-refractivity contribution in [2.75, 3.05) is 34.8 Å². The van der Waals surface area contributed by atoms with Crippen LogP contribution in [0.5, 0.6) is 0 Å². The van der Waals surface area contributed by atoms with Gasteiger partial charge < -0.3 is 44.0 Å². The first-order chi connectivity index (χ1) is 25.2. The van der Waals surface area contributed by atoms with Gasteiger partial charge in [0.05, 0.1) is 29.6 Å². The Balaban J connectivity index is 2.11. The van der Waals surface area contributed by atoms with Gasteiger partial charge in [0.1, 0.15) is 29.8 Å². The van der Waals surface area contributed by atoms with Gasteiger partial charge in [-0.15, -0.1) is 12.3 Å². The van der Waals surface area contributed by atoms with Crippen LogP contribution in [0.1, 0.15) is 107 Å². The third-order valence-electron chi connectivity index (χ3n) is 12.5. The van der Waals surface area contributed by atoms with Crippen molar-refractivity contribution in [2.45, 2.75) is 173 Å². The molecule has 310 valence electrons. The van der Waals surface area contributed by atoms with Crippen LogP contribution in [-0.4, -0.2) is 144 Å². The second-order valence-corrected chi connectivity index (χ2v) is 16.9. The van der Waals surface area contributed by atoms with Crippen LogP contribution < -0.4 is 0 Å². The number of nitrogens with zero attached hydrogens (tertiary/aromatic N) is 3. The summed E-state index contributed by atoms with van der Waals surface area (Å²) in [5, 5.41) is 40.1. The first-order valence-electron chi connectivity index (χ1n) is 20.0. The molecular weight excluding hydrogens is 694 g/mol. The SMILES string of the molecule is C#CCCN(C)[C@H]1C[C@@H](C)O[C@@H](O[C@@H]2[C@@H](C)C(=O)[C@@H](C)C(=O)O[C@H](CC)[C@@](C)(O)[C@H](O)[C@@H](C)/C(=N/OC3CCC(N(C)C)CC3)[C@H](C)C[C@@]2(C)OC)[C@@H]1O. The van der Waals surface area contributed by atoms with Gasteiger partial charge in [-0.25, -0.2) is 0 Å². The largest absolute Gasteiger partial charge is 0.459 e. The highest BCUT2D eigenvalue weighted by Crippen LogP contribution is 2.39. The number of ketones is 1. The molecule has 0 amide bonds. The third-order valence-corrected chi connectivity index (χ3v) is 12.5. The fourth-order valence-corrected chi connectivity index (χ4v) is 8.75. The minimum Gasteiger partial charge on any atom is -0.459 e. The van der Waals surface area contributed by atoms with Gasteiger partial charge in [-0.1, -0.05) is 32.9 Å². The van der Waals surface area contributed by atoms with Crippen molar-refractivity contribution in [1.29, 1.82) is 0 Å². The number of carbonyl (C=O) groups is 2. The molecule has 0 spiro atoms. The zero-order valence-corrected chi connectivity index (χ0v) is 35.0. The van der Waals surface area contributed by atoms with Crippen molar-refractivity contribution >= 4 is 17.5 Å². The van der Waals surface area contributed by atoms with Crippen LogP contribution in [-0.2, 0) is 33.4 Å². The van der Waals surface area contributed by atoms with Crippen molar-refractivity contribution < 1.29 is 48.7 Å². The molecule has 54 heavy (non-hydrogen) atoms. The molecule has 2 heterocycles. The number of likely N-dealkylation sites (N-methyl/N-ethyl adjacent to an activating group) is 1. The van der Waals surface area contributed by atoms with Gasteiger partial charge in [-0.2, -0.15) is 0 Å². The second-order valence-electron chi connectivity index (χ2n) is 16.9. The number of aliphatic hydroxyl groups excluding tert-OH is 2. The van der Waals surface area contributed by atoms with E-state index in [9.17, 15) is 24.9 Å². The highest BCUT2D eigenvalue weighted by Gasteiger charge is 2.52. The number of ether oxygens (including phenoxy) is 4. The molecule has 0 radical (unpaired) electrons. The standard InChI is InChI=1S/C41H71N3O10/c1-14-16-21-44(12)31-22-25(4)51-39(35(31)46)53-37-27(6)34(45)28(7)38(48)52-32(15-2)41(9,49)36(47)26(5)33(24(3)23-40(37,8)50-13)42-54-30-19-17-29(18-20-30)43(10)11/h1,24-32,35-37,39,46-47,49H,15-23H2,2-13H3/b42-33+/t24-,25-,26+,27+,28-,29?,30?,31+,32-,35-,36-,37-,39+,40-,41-/m1/s1. The number of carbonyl (C=O) groups excluding carboxylic acids is 2. The molecule has 3 N–H and O–H groups in total. The fourth-order valence-electron chi connectivity index (χ4n) is 8.75. The van der Waals surface area contributed by atoms with E-state index in [1.54, 1.807) is 20.8 Å². The molecule has 13 heteroatoms. The van der Waals surface area contributed by atoms with E-state index in [-0.39, 0.29) is 31.1 Å². The van der Waals surface area contributed by atoms with Gasteiger partial charge in [0.2, 0.25) is 0 Å². The summed E-state index contributed by atoms with van der Waals surface area (Å²) < 4.78 is 25.0. The minimum atomic E-state index is -1.89. The maximum Gasteiger partial charge on any atom is 0.316 e. The number of hydrogen-bond donors (Lipinski definition) is 3. The lowest BCUT2D eigenvalue weighted by Crippen LogP contribution is -2.60. The Labute approximate surface area is 324 Å². The molecule has 3 fully saturated rings. The van der Waals surface area contributed by atoms with Crippen LogP contribution in [0.4, 0.5) is 0 Å². The Morgan fingerprint density at radius 3 is 2.20 bits per heavy atom. The van der Waals surface area contributed by atoms with Gasteiger partial charge in [0.25, 0.3) is 0 Å². The predicted octanol–water partition coefficient (Wildman–Crippen LogP) is 3.79. The molecule has 0 unspecified atom stereocenters. The normalized spacial score (nSPS) is 42.7. The number of esters is 1. The van der Waals surface area contributed by atoms with Crippen LogP contribution in [0, 0.1) is 36.0 Å². The van der Waals surface area contributed by atoms with Crippen LogP contribution in [0.15, 0.2) is 5.16 Å². The summed E-state index contributed by atoms with van der Waals surface area (Å²) in [5.74, 6) is -1.99. The number of oxime groups is 1. The zero-order valence-electron chi connectivity index (χ0n) is 35.0. The predicted molar refractivity (Wildman–Crippen MR) is 206 cm³/mol. The maximum absolute atomic E-state index is 14.3. The molecule has 13 nitrogen and oxygen atoms in total. The Hall–Kier alpha value is -2.15. The van der Waals surface area contributed by atoms with Gasteiger partial charge in [0.15, 0.2) is 12.1 Å². The number of terminal acetylenes is 1. The Morgan fingerprint density at radius 2 is 1.65 bits per heavy atom. The number of rotatable bonds is 10.